The van der Waals surface area contributed by atoms with E-state index in [-0.39, 0.29) is 0 Å². The molecule has 1 heterocycles. The number of benzene rings is 3. The van der Waals surface area contributed by atoms with E-state index < -0.39 is 0 Å². The third kappa shape index (κ3) is 2.82. The summed E-state index contributed by atoms with van der Waals surface area (Å²) in [7, 11) is 0. The predicted molar refractivity (Wildman–Crippen MR) is 106 cm³/mol. The van der Waals surface area contributed by atoms with Crippen molar-refractivity contribution >= 4 is 28.8 Å². The van der Waals surface area contributed by atoms with E-state index in [1.807, 2.05) is 0 Å². The molecule has 3 aromatic carbocycles. The summed E-state index contributed by atoms with van der Waals surface area (Å²) in [6.07, 6.45) is 0. The minimum atomic E-state index is 1.15. The molecule has 0 bridgehead atoms. The Bertz CT molecular complexity index is 944. The van der Waals surface area contributed by atoms with Gasteiger partial charge in [0, 0.05) is 36.4 Å². The normalized spacial score (nSPS) is 12.6. The number of hydrogen-bond donors (Lipinski definition) is 0. The van der Waals surface area contributed by atoms with Gasteiger partial charge in [-0.15, -0.1) is 0 Å². The van der Waals surface area contributed by atoms with Crippen molar-refractivity contribution in [1.29, 1.82) is 0 Å². The second-order valence-corrected chi connectivity index (χ2v) is 6.95. The van der Waals surface area contributed by atoms with Crippen LogP contribution in [0.3, 0.4) is 0 Å². The minimum Gasteiger partial charge on any atom is -0.0559 e. The SMILES string of the molecule is Cc1cc(C)cc([N+]2=C=[N+](c3cc(C)cc(C)c3)c3ccccc32)c1. The van der Waals surface area contributed by atoms with Crippen LogP contribution in [0.15, 0.2) is 60.7 Å². The molecule has 122 valence electrons. The Balaban J connectivity index is 1.99. The van der Waals surface area contributed by atoms with E-state index in [0.29, 0.717) is 0 Å². The van der Waals surface area contributed by atoms with Crippen LogP contribution < -0.4 is 9.15 Å². The predicted octanol–water partition coefficient (Wildman–Crippen LogP) is 5.78. The maximum Gasteiger partial charge on any atom is 0.503 e. The highest BCUT2D eigenvalue weighted by Crippen LogP contribution is 2.36. The fourth-order valence-corrected chi connectivity index (χ4v) is 3.60. The lowest BCUT2D eigenvalue weighted by Crippen LogP contribution is -2.01. The van der Waals surface area contributed by atoms with E-state index in [1.54, 1.807) is 0 Å². The quantitative estimate of drug-likeness (QED) is 0.412. The van der Waals surface area contributed by atoms with Crippen molar-refractivity contribution in [2.45, 2.75) is 27.7 Å². The molecule has 0 amide bonds. The van der Waals surface area contributed by atoms with Gasteiger partial charge in [0.05, 0.1) is 0 Å². The number of aryl methyl sites for hydroxylation is 4. The number of rotatable bonds is 2. The largest absolute Gasteiger partial charge is 0.503 e. The molecule has 0 fully saturated rings. The molecule has 4 rings (SSSR count). The molecule has 0 atom stereocenters. The van der Waals surface area contributed by atoms with Crippen LogP contribution in [-0.4, -0.2) is 6.01 Å². The van der Waals surface area contributed by atoms with Crippen molar-refractivity contribution < 1.29 is 0 Å². The maximum absolute atomic E-state index is 3.56. The summed E-state index contributed by atoms with van der Waals surface area (Å²) in [4.78, 5) is 0. The molecule has 2 nitrogen and oxygen atoms in total. The molecule has 1 aliphatic heterocycles. The van der Waals surface area contributed by atoms with Gasteiger partial charge in [-0.2, -0.15) is 0 Å². The molecule has 0 unspecified atom stereocenters. The van der Waals surface area contributed by atoms with Crippen molar-refractivity contribution in [1.82, 2.24) is 9.15 Å². The van der Waals surface area contributed by atoms with Crippen molar-refractivity contribution in [2.75, 3.05) is 0 Å². The Labute approximate surface area is 149 Å². The lowest BCUT2D eigenvalue weighted by Gasteiger charge is -2.00. The van der Waals surface area contributed by atoms with Crippen LogP contribution in [0.5, 0.6) is 0 Å². The Morgan fingerprint density at radius 3 is 1.28 bits per heavy atom. The fourth-order valence-electron chi connectivity index (χ4n) is 3.60. The van der Waals surface area contributed by atoms with E-state index in [4.69, 9.17) is 0 Å². The van der Waals surface area contributed by atoms with Crippen molar-refractivity contribution in [3.63, 3.8) is 0 Å². The van der Waals surface area contributed by atoms with Gasteiger partial charge in [0.2, 0.25) is 11.4 Å². The third-order valence-corrected chi connectivity index (χ3v) is 4.49. The van der Waals surface area contributed by atoms with Gasteiger partial charge in [0.1, 0.15) is 0 Å². The summed E-state index contributed by atoms with van der Waals surface area (Å²) in [5.74, 6) is 0. The van der Waals surface area contributed by atoms with Crippen LogP contribution in [0.25, 0.3) is 0 Å². The summed E-state index contributed by atoms with van der Waals surface area (Å²) in [5.41, 5.74) is 9.67. The summed E-state index contributed by atoms with van der Waals surface area (Å²) < 4.78 is 4.32. The van der Waals surface area contributed by atoms with Gasteiger partial charge in [-0.1, -0.05) is 24.3 Å². The zero-order valence-corrected chi connectivity index (χ0v) is 15.2. The Kier molecular flexibility index (Phi) is 3.63. The van der Waals surface area contributed by atoms with Crippen molar-refractivity contribution in [3.8, 4) is 0 Å². The molecular formula is C23H22N2+2. The highest BCUT2D eigenvalue weighted by molar-refractivity contribution is 5.84. The van der Waals surface area contributed by atoms with E-state index in [1.165, 1.54) is 22.3 Å². The van der Waals surface area contributed by atoms with Gasteiger partial charge < -0.3 is 0 Å². The second kappa shape index (κ2) is 5.84. The molecule has 0 aromatic heterocycles. The fraction of sp³-hybridized carbons (Fsp3) is 0.174. The smallest absolute Gasteiger partial charge is 0.0559 e. The Morgan fingerprint density at radius 1 is 0.560 bits per heavy atom. The van der Waals surface area contributed by atoms with E-state index in [9.17, 15) is 0 Å². The summed E-state index contributed by atoms with van der Waals surface area (Å²) in [6, 6.07) is 25.3. The van der Waals surface area contributed by atoms with Gasteiger partial charge in [-0.3, -0.25) is 0 Å². The average molecular weight is 326 g/mol. The summed E-state index contributed by atoms with van der Waals surface area (Å²) in [5, 5.41) is 0. The number of nitrogens with zero attached hydrogens (tertiary/aromatic N) is 2. The van der Waals surface area contributed by atoms with Crippen LogP contribution >= 0.6 is 0 Å². The second-order valence-electron chi connectivity index (χ2n) is 6.95. The van der Waals surface area contributed by atoms with Crippen LogP contribution in [0.4, 0.5) is 22.7 Å². The molecule has 1 aliphatic rings. The standard InChI is InChI=1S/C23H22N2/c1-16-9-17(2)12-20(11-16)24-15-25(23-8-6-5-7-22(23)24)21-13-18(3)10-19(4)14-21/h5-14H,1-4H3/q+2. The molecule has 25 heavy (non-hydrogen) atoms. The topological polar surface area (TPSA) is 6.02 Å². The average Bonchev–Trinajstić information content (AvgIpc) is 2.93. The first-order valence-electron chi connectivity index (χ1n) is 8.63. The highest BCUT2D eigenvalue weighted by atomic mass is 15.2. The first kappa shape index (κ1) is 15.6. The van der Waals surface area contributed by atoms with Gasteiger partial charge in [-0.25, -0.2) is 0 Å². The molecule has 0 spiro atoms. The number of para-hydroxylation sites is 2. The van der Waals surface area contributed by atoms with Crippen LogP contribution in [0.2, 0.25) is 0 Å². The monoisotopic (exact) mass is 326 g/mol. The molecule has 0 saturated carbocycles. The molecule has 0 radical (unpaired) electrons. The Morgan fingerprint density at radius 2 is 0.920 bits per heavy atom. The summed E-state index contributed by atoms with van der Waals surface area (Å²) in [6.45, 7) is 8.56. The van der Waals surface area contributed by atoms with E-state index in [0.717, 1.165) is 22.7 Å². The van der Waals surface area contributed by atoms with Gasteiger partial charge in [-0.05, 0) is 59.1 Å². The maximum atomic E-state index is 3.56. The molecule has 0 saturated heterocycles. The third-order valence-electron chi connectivity index (χ3n) is 4.49. The van der Waals surface area contributed by atoms with Gasteiger partial charge >= 0.3 is 6.01 Å². The van der Waals surface area contributed by atoms with Crippen LogP contribution in [0, 0.1) is 27.7 Å². The van der Waals surface area contributed by atoms with Crippen LogP contribution in [-0.2, 0) is 0 Å². The first-order chi connectivity index (χ1) is 12.0. The molecule has 0 N–H and O–H groups in total. The van der Waals surface area contributed by atoms with Crippen molar-refractivity contribution in [3.05, 3.63) is 82.9 Å². The zero-order valence-electron chi connectivity index (χ0n) is 15.2. The molecular weight excluding hydrogens is 304 g/mol. The Hall–Kier alpha value is -2.96. The van der Waals surface area contributed by atoms with E-state index in [2.05, 4.69) is 104 Å². The number of hydrogen-bond acceptors (Lipinski definition) is 0. The lowest BCUT2D eigenvalue weighted by atomic mass is 10.1. The summed E-state index contributed by atoms with van der Waals surface area (Å²) >= 11 is 0. The minimum absolute atomic E-state index is 1.15. The highest BCUT2D eigenvalue weighted by Gasteiger charge is 2.36. The van der Waals surface area contributed by atoms with Crippen molar-refractivity contribution in [2.24, 2.45) is 0 Å². The van der Waals surface area contributed by atoms with Crippen LogP contribution in [0.1, 0.15) is 22.3 Å². The molecule has 2 heteroatoms. The number of fused-ring (bicyclic) bond motifs is 1. The van der Waals surface area contributed by atoms with Gasteiger partial charge in [0.15, 0.2) is 0 Å². The molecule has 0 aliphatic carbocycles. The zero-order chi connectivity index (χ0) is 17.6. The van der Waals surface area contributed by atoms with Gasteiger partial charge in [0.25, 0.3) is 11.4 Å². The first-order valence-corrected chi connectivity index (χ1v) is 8.63. The molecule has 3 aromatic rings. The van der Waals surface area contributed by atoms with E-state index >= 15 is 0 Å². The lowest BCUT2D eigenvalue weighted by molar-refractivity contribution is 1.10.